The molecule has 104 valence electrons. The van der Waals surface area contributed by atoms with Gasteiger partial charge in [0, 0.05) is 16.8 Å². The van der Waals surface area contributed by atoms with Crippen molar-refractivity contribution in [3.05, 3.63) is 63.2 Å². The number of benzene rings is 2. The van der Waals surface area contributed by atoms with Crippen LogP contribution in [0.4, 0.5) is 11.4 Å². The van der Waals surface area contributed by atoms with Crippen LogP contribution in [-0.2, 0) is 16.6 Å². The molecule has 0 saturated carbocycles. The lowest BCUT2D eigenvalue weighted by Crippen LogP contribution is -2.02. The number of nitrogens with two attached hydrogens (primary N) is 1. The first kappa shape index (κ1) is 14.5. The van der Waals surface area contributed by atoms with Gasteiger partial charge in [0.1, 0.15) is 4.90 Å². The second-order valence-electron chi connectivity index (χ2n) is 4.07. The van der Waals surface area contributed by atoms with Crippen LogP contribution in [0.3, 0.4) is 0 Å². The second kappa shape index (κ2) is 6.02. The van der Waals surface area contributed by atoms with Crippen molar-refractivity contribution in [3.63, 3.8) is 0 Å². The number of hydrogen-bond acceptors (Lipinski definition) is 4. The molecular weight excluding hydrogens is 300 g/mol. The van der Waals surface area contributed by atoms with Gasteiger partial charge in [-0.25, -0.2) is 0 Å². The zero-order valence-electron chi connectivity index (χ0n) is 10.3. The van der Waals surface area contributed by atoms with Gasteiger partial charge in [-0.3, -0.25) is 14.3 Å². The summed E-state index contributed by atoms with van der Waals surface area (Å²) in [7, 11) is -1.57. The highest BCUT2D eigenvalue weighted by Gasteiger charge is 2.19. The Bertz CT molecular complexity index is 691. The molecule has 0 bridgehead atoms. The Hall–Kier alpha value is -1.92. The Kier molecular flexibility index (Phi) is 4.36. The molecule has 0 aliphatic heterocycles. The summed E-state index contributed by atoms with van der Waals surface area (Å²) >= 11 is 6.01. The van der Waals surface area contributed by atoms with Gasteiger partial charge in [0.15, 0.2) is 0 Å². The third-order valence-corrected chi connectivity index (χ3v) is 4.44. The summed E-state index contributed by atoms with van der Waals surface area (Å²) in [6.07, 6.45) is 0. The lowest BCUT2D eigenvalue weighted by atomic mass is 10.2. The fourth-order valence-electron chi connectivity index (χ4n) is 1.72. The Balaban J connectivity index is 2.33. The average Bonchev–Trinajstić information content (AvgIpc) is 2.42. The smallest absolute Gasteiger partial charge is 0.285 e. The van der Waals surface area contributed by atoms with Crippen LogP contribution in [0.25, 0.3) is 0 Å². The molecule has 0 spiro atoms. The molecule has 5 nitrogen and oxygen atoms in total. The van der Waals surface area contributed by atoms with Crippen molar-refractivity contribution in [1.29, 1.82) is 0 Å². The summed E-state index contributed by atoms with van der Waals surface area (Å²) in [4.78, 5) is 10.6. The highest BCUT2D eigenvalue weighted by molar-refractivity contribution is 7.84. The number of nitro benzene ring substituents is 1. The average molecular weight is 311 g/mol. The summed E-state index contributed by atoms with van der Waals surface area (Å²) in [5.41, 5.74) is 6.60. The van der Waals surface area contributed by atoms with Crippen LogP contribution in [0.15, 0.2) is 47.4 Å². The fourth-order valence-corrected chi connectivity index (χ4v) is 3.27. The number of rotatable bonds is 4. The zero-order chi connectivity index (χ0) is 14.7. The van der Waals surface area contributed by atoms with E-state index in [1.54, 1.807) is 24.3 Å². The van der Waals surface area contributed by atoms with Crippen LogP contribution < -0.4 is 5.73 Å². The van der Waals surface area contributed by atoms with Gasteiger partial charge < -0.3 is 5.73 Å². The highest BCUT2D eigenvalue weighted by atomic mass is 35.5. The number of hydrogen-bond donors (Lipinski definition) is 1. The highest BCUT2D eigenvalue weighted by Crippen LogP contribution is 2.26. The standard InChI is InChI=1S/C13H11ClN2O3S/c14-11-6-5-10(15)7-9(11)8-20(19)13-4-2-1-3-12(13)16(17)18/h1-7H,8,15H2. The molecule has 0 aliphatic carbocycles. The zero-order valence-corrected chi connectivity index (χ0v) is 11.9. The largest absolute Gasteiger partial charge is 0.399 e. The van der Waals surface area contributed by atoms with Gasteiger partial charge in [-0.05, 0) is 29.8 Å². The Morgan fingerprint density at radius 2 is 1.95 bits per heavy atom. The minimum absolute atomic E-state index is 0.0781. The predicted octanol–water partition coefficient (Wildman–Crippen LogP) is 3.14. The first-order valence-electron chi connectivity index (χ1n) is 5.64. The summed E-state index contributed by atoms with van der Waals surface area (Å²) in [5.74, 6) is 0.0781. The number of para-hydroxylation sites is 1. The lowest BCUT2D eigenvalue weighted by Gasteiger charge is -2.06. The van der Waals surface area contributed by atoms with Gasteiger partial charge in [-0.1, -0.05) is 23.7 Å². The van der Waals surface area contributed by atoms with Crippen molar-refractivity contribution in [2.75, 3.05) is 5.73 Å². The molecule has 0 fully saturated rings. The molecule has 20 heavy (non-hydrogen) atoms. The van der Waals surface area contributed by atoms with E-state index in [9.17, 15) is 14.3 Å². The minimum Gasteiger partial charge on any atom is -0.399 e. The predicted molar refractivity (Wildman–Crippen MR) is 79.1 cm³/mol. The van der Waals surface area contributed by atoms with E-state index in [4.69, 9.17) is 17.3 Å². The van der Waals surface area contributed by atoms with Crippen molar-refractivity contribution in [3.8, 4) is 0 Å². The van der Waals surface area contributed by atoms with E-state index in [0.717, 1.165) is 0 Å². The van der Waals surface area contributed by atoms with Crippen LogP contribution >= 0.6 is 11.6 Å². The van der Waals surface area contributed by atoms with Gasteiger partial charge in [-0.2, -0.15) is 0 Å². The van der Waals surface area contributed by atoms with Gasteiger partial charge >= 0.3 is 0 Å². The summed E-state index contributed by atoms with van der Waals surface area (Å²) in [6.45, 7) is 0. The van der Waals surface area contributed by atoms with Crippen molar-refractivity contribution in [2.45, 2.75) is 10.6 Å². The third-order valence-electron chi connectivity index (χ3n) is 2.66. The molecule has 2 N–H and O–H groups in total. The Morgan fingerprint density at radius 3 is 2.65 bits per heavy atom. The molecule has 0 saturated heterocycles. The number of nitro groups is 1. The van der Waals surface area contributed by atoms with Crippen molar-refractivity contribution < 1.29 is 9.13 Å². The maximum absolute atomic E-state index is 12.3. The number of nitrogens with zero attached hydrogens (tertiary/aromatic N) is 1. The molecule has 0 radical (unpaired) electrons. The lowest BCUT2D eigenvalue weighted by molar-refractivity contribution is -0.387. The van der Waals surface area contributed by atoms with Gasteiger partial charge in [0.2, 0.25) is 0 Å². The maximum atomic E-state index is 12.3. The molecule has 2 rings (SSSR count). The van der Waals surface area contributed by atoms with E-state index in [0.29, 0.717) is 16.3 Å². The van der Waals surface area contributed by atoms with Crippen LogP contribution in [-0.4, -0.2) is 9.13 Å². The van der Waals surface area contributed by atoms with Crippen LogP contribution in [0, 0.1) is 10.1 Å². The first-order valence-corrected chi connectivity index (χ1v) is 7.34. The van der Waals surface area contributed by atoms with Crippen molar-refractivity contribution >= 4 is 33.8 Å². The first-order chi connectivity index (χ1) is 9.49. The molecule has 0 aliphatic rings. The molecule has 0 aromatic heterocycles. The summed E-state index contributed by atoms with van der Waals surface area (Å²) < 4.78 is 12.3. The monoisotopic (exact) mass is 310 g/mol. The number of anilines is 1. The Morgan fingerprint density at radius 1 is 1.25 bits per heavy atom. The van der Waals surface area contributed by atoms with Gasteiger partial charge in [-0.15, -0.1) is 0 Å². The maximum Gasteiger partial charge on any atom is 0.285 e. The van der Waals surface area contributed by atoms with Crippen molar-refractivity contribution in [1.82, 2.24) is 0 Å². The molecular formula is C13H11ClN2O3S. The number of nitrogen functional groups attached to an aromatic ring is 1. The molecule has 0 heterocycles. The Labute approximate surface area is 123 Å². The quantitative estimate of drug-likeness (QED) is 0.534. The van der Waals surface area contributed by atoms with E-state index >= 15 is 0 Å². The fraction of sp³-hybridized carbons (Fsp3) is 0.0769. The summed E-state index contributed by atoms with van der Waals surface area (Å²) in [6, 6.07) is 10.8. The second-order valence-corrected chi connectivity index (χ2v) is 5.89. The molecule has 7 heteroatoms. The molecule has 0 amide bonds. The normalized spacial score (nSPS) is 12.1. The van der Waals surface area contributed by atoms with E-state index in [1.807, 2.05) is 0 Å². The van der Waals surface area contributed by atoms with Crippen LogP contribution in [0.1, 0.15) is 5.56 Å². The van der Waals surface area contributed by atoms with E-state index in [-0.39, 0.29) is 16.3 Å². The molecule has 1 atom stereocenters. The summed E-state index contributed by atoms with van der Waals surface area (Å²) in [5, 5.41) is 11.4. The van der Waals surface area contributed by atoms with Crippen LogP contribution in [0.5, 0.6) is 0 Å². The molecule has 2 aromatic rings. The SMILES string of the molecule is Nc1ccc(Cl)c(CS(=O)c2ccccc2[N+](=O)[O-])c1. The van der Waals surface area contributed by atoms with Gasteiger partial charge in [0.05, 0.1) is 21.5 Å². The van der Waals surface area contributed by atoms with E-state index in [2.05, 4.69) is 0 Å². The molecule has 1 unspecified atom stereocenters. The van der Waals surface area contributed by atoms with Gasteiger partial charge in [0.25, 0.3) is 5.69 Å². The van der Waals surface area contributed by atoms with Crippen molar-refractivity contribution in [2.24, 2.45) is 0 Å². The minimum atomic E-state index is -1.57. The van der Waals surface area contributed by atoms with E-state index in [1.165, 1.54) is 18.2 Å². The topological polar surface area (TPSA) is 86.2 Å². The van der Waals surface area contributed by atoms with E-state index < -0.39 is 15.7 Å². The third kappa shape index (κ3) is 3.15. The van der Waals surface area contributed by atoms with Crippen LogP contribution in [0.2, 0.25) is 5.02 Å². The number of halogens is 1. The molecule has 2 aromatic carbocycles.